The summed E-state index contributed by atoms with van der Waals surface area (Å²) in [4.78, 5) is 9.92. The van der Waals surface area contributed by atoms with Crippen LogP contribution in [0.2, 0.25) is 0 Å². The quantitative estimate of drug-likeness (QED) is 0.431. The van der Waals surface area contributed by atoms with E-state index in [9.17, 15) is 10.1 Å². The maximum Gasteiger partial charge on any atom is 0.269 e. The topological polar surface area (TPSA) is 43.1 Å². The van der Waals surface area contributed by atoms with E-state index in [0.717, 1.165) is 8.05 Å². The van der Waals surface area contributed by atoms with Gasteiger partial charge in [-0.25, -0.2) is 0 Å². The number of nitro benzene ring substituents is 1. The van der Waals surface area contributed by atoms with Gasteiger partial charge in [-0.2, -0.15) is 0 Å². The number of rotatable bonds is 2. The van der Waals surface area contributed by atoms with Crippen LogP contribution in [0.4, 0.5) is 5.69 Å². The number of hydrogen-bond donors (Lipinski definition) is 0. The first-order valence-electron chi connectivity index (χ1n) is 3.48. The number of nitro groups is 1. The molecule has 0 aliphatic heterocycles. The minimum Gasteiger partial charge on any atom is -0.258 e. The van der Waals surface area contributed by atoms with E-state index in [1.165, 1.54) is 12.1 Å². The Balaban J connectivity index is 3.06. The predicted molar refractivity (Wildman–Crippen MR) is 68.8 cm³/mol. The Kier molecular flexibility index (Phi) is 4.33. The van der Waals surface area contributed by atoms with Gasteiger partial charge in [-0.3, -0.25) is 10.1 Å². The van der Waals surface area contributed by atoms with Gasteiger partial charge in [0.05, 0.1) is 12.4 Å². The van der Waals surface area contributed by atoms with Gasteiger partial charge in [0.15, 0.2) is 0 Å². The number of benzene rings is 1. The zero-order chi connectivity index (χ0) is 10.7. The lowest BCUT2D eigenvalue weighted by Gasteiger charge is -1.98. The summed E-state index contributed by atoms with van der Waals surface area (Å²) in [6, 6.07) is 6.06. The molecule has 1 aromatic carbocycles. The van der Waals surface area contributed by atoms with Crippen LogP contribution in [0.3, 0.4) is 0 Å². The summed E-state index contributed by atoms with van der Waals surface area (Å²) < 4.78 is 0.769. The average Bonchev–Trinajstić information content (AvgIpc) is 2.16. The van der Waals surface area contributed by atoms with Crippen molar-refractivity contribution >= 4 is 60.8 Å². The molecule has 0 unspecified atom stereocenters. The summed E-state index contributed by atoms with van der Waals surface area (Å²) in [5, 5.41) is 10.9. The van der Waals surface area contributed by atoms with Crippen LogP contribution in [0.5, 0.6) is 0 Å². The Hall–Kier alpha value is -0.140. The lowest BCUT2D eigenvalue weighted by atomic mass is 10.2. The van der Waals surface area contributed by atoms with Gasteiger partial charge in [-0.15, -0.1) is 0 Å². The average molecular weight is 388 g/mol. The number of hydrogen-bond acceptors (Lipinski definition) is 2. The second-order valence-electron chi connectivity index (χ2n) is 2.38. The third kappa shape index (κ3) is 2.93. The molecule has 6 heteroatoms. The van der Waals surface area contributed by atoms with Crippen molar-refractivity contribution in [1.29, 1.82) is 0 Å². The van der Waals surface area contributed by atoms with Crippen molar-refractivity contribution in [2.24, 2.45) is 0 Å². The Labute approximate surface area is 108 Å². The van der Waals surface area contributed by atoms with Crippen molar-refractivity contribution < 1.29 is 4.92 Å². The van der Waals surface area contributed by atoms with Crippen LogP contribution in [0.1, 0.15) is 5.56 Å². The van der Waals surface area contributed by atoms with E-state index >= 15 is 0 Å². The molecule has 0 aromatic heterocycles. The Morgan fingerprint density at radius 2 is 1.93 bits per heavy atom. The van der Waals surface area contributed by atoms with Crippen molar-refractivity contribution in [2.45, 2.75) is 0 Å². The van der Waals surface area contributed by atoms with Crippen molar-refractivity contribution in [3.63, 3.8) is 0 Å². The molecule has 0 saturated carbocycles. The van der Waals surface area contributed by atoms with E-state index in [4.69, 9.17) is 11.6 Å². The van der Waals surface area contributed by atoms with Crippen molar-refractivity contribution in [2.75, 3.05) is 0 Å². The molecule has 14 heavy (non-hydrogen) atoms. The smallest absolute Gasteiger partial charge is 0.258 e. The molecule has 0 N–H and O–H groups in total. The van der Waals surface area contributed by atoms with Crippen molar-refractivity contribution in [1.82, 2.24) is 0 Å². The van der Waals surface area contributed by atoms with Crippen molar-refractivity contribution in [3.05, 3.63) is 42.4 Å². The van der Waals surface area contributed by atoms with Gasteiger partial charge < -0.3 is 0 Å². The second-order valence-corrected chi connectivity index (χ2v) is 6.11. The molecular weight excluding hydrogens is 384 g/mol. The molecule has 0 radical (unpaired) electrons. The van der Waals surface area contributed by atoms with Crippen LogP contribution >= 0.6 is 50.1 Å². The molecule has 3 nitrogen and oxygen atoms in total. The Bertz CT molecular complexity index is 387. The standard InChI is InChI=1S/C8H4BrClINO2/c9-8(11)7(10)5-1-3-6(4-2-5)12(13)14/h1-4H/b8-7+. The molecule has 0 heterocycles. The molecule has 1 aromatic rings. The first-order chi connectivity index (χ1) is 6.52. The molecule has 0 aliphatic rings. The van der Waals surface area contributed by atoms with Gasteiger partial charge >= 0.3 is 0 Å². The summed E-state index contributed by atoms with van der Waals surface area (Å²) in [6.07, 6.45) is 0. The van der Waals surface area contributed by atoms with Gasteiger partial charge in [0.2, 0.25) is 0 Å². The SMILES string of the molecule is O=[N+]([O-])c1ccc(/C(Cl)=C(/Br)I)cc1. The van der Waals surface area contributed by atoms with E-state index in [1.54, 1.807) is 12.1 Å². The molecule has 0 aliphatic carbocycles. The molecule has 74 valence electrons. The lowest BCUT2D eigenvalue weighted by Crippen LogP contribution is -1.87. The number of halogens is 3. The van der Waals surface area contributed by atoms with Gasteiger partial charge in [0.1, 0.15) is 0 Å². The van der Waals surface area contributed by atoms with Gasteiger partial charge in [-0.1, -0.05) is 11.6 Å². The normalized spacial score (nSPS) is 12.2. The largest absolute Gasteiger partial charge is 0.269 e. The number of non-ortho nitro benzene ring substituents is 1. The fourth-order valence-electron chi connectivity index (χ4n) is 0.839. The fourth-order valence-corrected chi connectivity index (χ4v) is 1.50. The van der Waals surface area contributed by atoms with E-state index in [1.807, 2.05) is 22.6 Å². The van der Waals surface area contributed by atoms with E-state index in [-0.39, 0.29) is 5.69 Å². The van der Waals surface area contributed by atoms with E-state index in [0.29, 0.717) is 5.03 Å². The molecule has 0 spiro atoms. The zero-order valence-corrected chi connectivity index (χ0v) is 11.2. The van der Waals surface area contributed by atoms with E-state index in [2.05, 4.69) is 15.9 Å². The predicted octanol–water partition coefficient (Wildman–Crippen LogP) is 4.29. The number of nitrogens with zero attached hydrogens (tertiary/aromatic N) is 1. The first-order valence-corrected chi connectivity index (χ1v) is 5.73. The zero-order valence-electron chi connectivity index (χ0n) is 6.71. The van der Waals surface area contributed by atoms with Gasteiger partial charge in [0, 0.05) is 12.1 Å². The van der Waals surface area contributed by atoms with Crippen LogP contribution < -0.4 is 0 Å². The van der Waals surface area contributed by atoms with E-state index < -0.39 is 4.92 Å². The highest BCUT2D eigenvalue weighted by molar-refractivity contribution is 14.1. The van der Waals surface area contributed by atoms with Gasteiger partial charge in [0.25, 0.3) is 5.69 Å². The van der Waals surface area contributed by atoms with Crippen LogP contribution in [0.15, 0.2) is 26.8 Å². The van der Waals surface area contributed by atoms with Crippen LogP contribution in [-0.4, -0.2) is 4.92 Å². The van der Waals surface area contributed by atoms with Crippen molar-refractivity contribution in [3.8, 4) is 0 Å². The highest BCUT2D eigenvalue weighted by atomic mass is 127. The monoisotopic (exact) mass is 387 g/mol. The van der Waals surface area contributed by atoms with Crippen LogP contribution in [0, 0.1) is 10.1 Å². The summed E-state index contributed by atoms with van der Waals surface area (Å²) in [5.41, 5.74) is 0.807. The summed E-state index contributed by atoms with van der Waals surface area (Å²) in [5.74, 6) is 0. The maximum absolute atomic E-state index is 10.4. The highest BCUT2D eigenvalue weighted by Crippen LogP contribution is 2.31. The minimum absolute atomic E-state index is 0.0581. The lowest BCUT2D eigenvalue weighted by molar-refractivity contribution is -0.384. The van der Waals surface area contributed by atoms with Crippen LogP contribution in [-0.2, 0) is 0 Å². The molecular formula is C8H4BrClINO2. The summed E-state index contributed by atoms with van der Waals surface area (Å²) >= 11 is 11.2. The molecule has 1 rings (SSSR count). The highest BCUT2D eigenvalue weighted by Gasteiger charge is 2.06. The maximum atomic E-state index is 10.4. The second kappa shape index (κ2) is 5.09. The minimum atomic E-state index is -0.444. The van der Waals surface area contributed by atoms with Crippen LogP contribution in [0.25, 0.3) is 5.03 Å². The first kappa shape index (κ1) is 11.9. The molecule has 0 fully saturated rings. The Morgan fingerprint density at radius 1 is 1.43 bits per heavy atom. The summed E-state index contributed by atoms with van der Waals surface area (Å²) in [6.45, 7) is 0. The third-order valence-electron chi connectivity index (χ3n) is 1.50. The fraction of sp³-hybridized carbons (Fsp3) is 0. The third-order valence-corrected chi connectivity index (χ3v) is 3.39. The molecule has 0 saturated heterocycles. The molecule has 0 amide bonds. The van der Waals surface area contributed by atoms with Gasteiger partial charge in [-0.05, 0) is 56.2 Å². The Morgan fingerprint density at radius 3 is 2.29 bits per heavy atom. The summed E-state index contributed by atoms with van der Waals surface area (Å²) in [7, 11) is 0. The molecule has 0 bridgehead atoms. The molecule has 0 atom stereocenters.